The van der Waals surface area contributed by atoms with E-state index in [1.807, 2.05) is 0 Å². The van der Waals surface area contributed by atoms with Crippen LogP contribution in [0.25, 0.3) is 11.1 Å². The van der Waals surface area contributed by atoms with Crippen molar-refractivity contribution in [3.05, 3.63) is 53.1 Å². The fourth-order valence-corrected chi connectivity index (χ4v) is 2.35. The Hall–Kier alpha value is -1.56. The summed E-state index contributed by atoms with van der Waals surface area (Å²) in [6, 6.07) is 3.98. The van der Waals surface area contributed by atoms with E-state index in [9.17, 15) is 17.6 Å². The average Bonchev–Trinajstić information content (AvgIpc) is 2.37. The molecule has 0 aliphatic rings. The van der Waals surface area contributed by atoms with Crippen LogP contribution in [0, 0.1) is 23.3 Å². The molecule has 0 radical (unpaired) electrons. The number of hydrogen-bond acceptors (Lipinski definition) is 1. The molecular weight excluding hydrogens is 340 g/mol. The molecule has 6 heteroatoms. The van der Waals surface area contributed by atoms with Crippen LogP contribution in [0.2, 0.25) is 0 Å². The SMILES string of the molecule is COc1c(F)cc(-c2cc(F)c(CBr)c(F)c2)cc1F. The Balaban J connectivity index is 2.58. The predicted molar refractivity (Wildman–Crippen MR) is 70.9 cm³/mol. The number of alkyl halides is 1. The number of halogens is 5. The van der Waals surface area contributed by atoms with Gasteiger partial charge in [0.25, 0.3) is 0 Å². The highest BCUT2D eigenvalue weighted by molar-refractivity contribution is 9.08. The first-order valence-electron chi connectivity index (χ1n) is 5.55. The van der Waals surface area contributed by atoms with E-state index < -0.39 is 29.0 Å². The molecule has 20 heavy (non-hydrogen) atoms. The number of rotatable bonds is 3. The minimum absolute atomic E-state index is 0.0102. The molecule has 0 spiro atoms. The second-order valence-electron chi connectivity index (χ2n) is 4.03. The van der Waals surface area contributed by atoms with Crippen molar-refractivity contribution in [1.29, 1.82) is 0 Å². The molecule has 2 rings (SSSR count). The molecule has 0 saturated heterocycles. The molecule has 0 fully saturated rings. The first-order valence-corrected chi connectivity index (χ1v) is 6.67. The summed E-state index contributed by atoms with van der Waals surface area (Å²) in [7, 11) is 1.13. The maximum Gasteiger partial charge on any atom is 0.190 e. The smallest absolute Gasteiger partial charge is 0.190 e. The molecule has 0 heterocycles. The van der Waals surface area contributed by atoms with E-state index in [-0.39, 0.29) is 22.0 Å². The standard InChI is InChI=1S/C14H9BrF4O/c1-20-14-12(18)4-8(5-13(14)19)7-2-10(16)9(6-15)11(17)3-7/h2-5H,6H2,1H3. The molecule has 0 aliphatic carbocycles. The van der Waals surface area contributed by atoms with Crippen LogP contribution in [0.5, 0.6) is 5.75 Å². The van der Waals surface area contributed by atoms with Crippen molar-refractivity contribution in [3.8, 4) is 16.9 Å². The molecular formula is C14H9BrF4O. The lowest BCUT2D eigenvalue weighted by Gasteiger charge is -2.09. The van der Waals surface area contributed by atoms with Gasteiger partial charge in [-0.25, -0.2) is 17.6 Å². The Bertz CT molecular complexity index is 554. The summed E-state index contributed by atoms with van der Waals surface area (Å²) in [4.78, 5) is 0. The van der Waals surface area contributed by atoms with Crippen LogP contribution in [0.1, 0.15) is 5.56 Å². The monoisotopic (exact) mass is 348 g/mol. The zero-order valence-corrected chi connectivity index (χ0v) is 11.9. The molecule has 0 bridgehead atoms. The summed E-state index contributed by atoms with van der Waals surface area (Å²) in [6.07, 6.45) is 0. The predicted octanol–water partition coefficient (Wildman–Crippen LogP) is 4.81. The Morgan fingerprint density at radius 3 is 1.60 bits per heavy atom. The van der Waals surface area contributed by atoms with E-state index >= 15 is 0 Å². The summed E-state index contributed by atoms with van der Waals surface area (Å²) in [5.41, 5.74) is -0.0620. The molecule has 0 aromatic heterocycles. The average molecular weight is 349 g/mol. The minimum Gasteiger partial charge on any atom is -0.491 e. The molecule has 0 atom stereocenters. The van der Waals surface area contributed by atoms with Gasteiger partial charge >= 0.3 is 0 Å². The lowest BCUT2D eigenvalue weighted by molar-refractivity contribution is 0.360. The third-order valence-electron chi connectivity index (χ3n) is 2.81. The van der Waals surface area contributed by atoms with E-state index in [2.05, 4.69) is 20.7 Å². The van der Waals surface area contributed by atoms with Crippen LogP contribution in [0.15, 0.2) is 24.3 Å². The molecule has 0 amide bonds. The normalized spacial score (nSPS) is 10.7. The van der Waals surface area contributed by atoms with Crippen LogP contribution >= 0.6 is 15.9 Å². The lowest BCUT2D eigenvalue weighted by Crippen LogP contribution is -1.96. The maximum absolute atomic E-state index is 13.7. The summed E-state index contributed by atoms with van der Waals surface area (Å²) in [5.74, 6) is -3.98. The van der Waals surface area contributed by atoms with Crippen molar-refractivity contribution in [3.63, 3.8) is 0 Å². The van der Waals surface area contributed by atoms with Gasteiger partial charge in [-0.05, 0) is 35.4 Å². The zero-order valence-electron chi connectivity index (χ0n) is 10.3. The third kappa shape index (κ3) is 2.65. The highest BCUT2D eigenvalue weighted by atomic mass is 79.9. The highest BCUT2D eigenvalue weighted by Gasteiger charge is 2.15. The van der Waals surface area contributed by atoms with E-state index in [1.54, 1.807) is 0 Å². The van der Waals surface area contributed by atoms with Gasteiger partial charge in [-0.2, -0.15) is 0 Å². The molecule has 106 valence electrons. The summed E-state index contributed by atoms with van der Waals surface area (Å²) < 4.78 is 59.0. The Morgan fingerprint density at radius 2 is 1.25 bits per heavy atom. The van der Waals surface area contributed by atoms with Crippen LogP contribution < -0.4 is 4.74 Å². The molecule has 2 aromatic carbocycles. The quantitative estimate of drug-likeness (QED) is 0.571. The fourth-order valence-electron chi connectivity index (χ4n) is 1.82. The van der Waals surface area contributed by atoms with Gasteiger partial charge in [0.1, 0.15) is 11.6 Å². The van der Waals surface area contributed by atoms with Gasteiger partial charge in [0, 0.05) is 10.9 Å². The van der Waals surface area contributed by atoms with Crippen LogP contribution in [0.4, 0.5) is 17.6 Å². The van der Waals surface area contributed by atoms with Gasteiger partial charge in [-0.1, -0.05) is 15.9 Å². The Labute approximate surface area is 121 Å². The third-order valence-corrected chi connectivity index (χ3v) is 3.37. The van der Waals surface area contributed by atoms with Crippen molar-refractivity contribution in [1.82, 2.24) is 0 Å². The second-order valence-corrected chi connectivity index (χ2v) is 4.59. The van der Waals surface area contributed by atoms with Crippen molar-refractivity contribution < 1.29 is 22.3 Å². The van der Waals surface area contributed by atoms with Gasteiger partial charge in [-0.15, -0.1) is 0 Å². The molecule has 0 aliphatic heterocycles. The van der Waals surface area contributed by atoms with Gasteiger partial charge in [-0.3, -0.25) is 0 Å². The maximum atomic E-state index is 13.7. The summed E-state index contributed by atoms with van der Waals surface area (Å²) >= 11 is 2.97. The molecule has 0 unspecified atom stereocenters. The molecule has 0 saturated carbocycles. The zero-order chi connectivity index (χ0) is 14.9. The lowest BCUT2D eigenvalue weighted by atomic mass is 10.0. The number of ether oxygens (including phenoxy) is 1. The van der Waals surface area contributed by atoms with E-state index in [0.29, 0.717) is 0 Å². The van der Waals surface area contributed by atoms with E-state index in [1.165, 1.54) is 0 Å². The highest BCUT2D eigenvalue weighted by Crippen LogP contribution is 2.31. The Kier molecular flexibility index (Phi) is 4.32. The summed E-state index contributed by atoms with van der Waals surface area (Å²) in [5, 5.41) is 0.0102. The van der Waals surface area contributed by atoms with Crippen LogP contribution in [0.3, 0.4) is 0 Å². The first-order chi connectivity index (χ1) is 9.47. The van der Waals surface area contributed by atoms with Gasteiger partial charge in [0.2, 0.25) is 0 Å². The van der Waals surface area contributed by atoms with Gasteiger partial charge < -0.3 is 4.74 Å². The van der Waals surface area contributed by atoms with Gasteiger partial charge in [0.15, 0.2) is 17.4 Å². The molecule has 1 nitrogen and oxygen atoms in total. The van der Waals surface area contributed by atoms with Crippen molar-refractivity contribution in [2.75, 3.05) is 7.11 Å². The number of methoxy groups -OCH3 is 1. The largest absolute Gasteiger partial charge is 0.491 e. The molecule has 0 N–H and O–H groups in total. The van der Waals surface area contributed by atoms with Crippen molar-refractivity contribution in [2.45, 2.75) is 5.33 Å². The number of benzene rings is 2. The van der Waals surface area contributed by atoms with Crippen molar-refractivity contribution >= 4 is 15.9 Å². The van der Waals surface area contributed by atoms with Gasteiger partial charge in [0.05, 0.1) is 7.11 Å². The van der Waals surface area contributed by atoms with Crippen LogP contribution in [-0.2, 0) is 5.33 Å². The molecule has 2 aromatic rings. The van der Waals surface area contributed by atoms with Crippen LogP contribution in [-0.4, -0.2) is 7.11 Å². The topological polar surface area (TPSA) is 9.23 Å². The Morgan fingerprint density at radius 1 is 0.850 bits per heavy atom. The van der Waals surface area contributed by atoms with E-state index in [0.717, 1.165) is 31.4 Å². The fraction of sp³-hybridized carbons (Fsp3) is 0.143. The minimum atomic E-state index is -0.937. The second kappa shape index (κ2) is 5.83. The number of hydrogen-bond donors (Lipinski definition) is 0. The first kappa shape index (κ1) is 14.8. The summed E-state index contributed by atoms with van der Waals surface area (Å²) in [6.45, 7) is 0. The van der Waals surface area contributed by atoms with E-state index in [4.69, 9.17) is 0 Å². The van der Waals surface area contributed by atoms with Crippen molar-refractivity contribution in [2.24, 2.45) is 0 Å².